The Labute approximate surface area is 121 Å². The highest BCUT2D eigenvalue weighted by Crippen LogP contribution is 2.19. The molecular weight excluding hydrogens is 285 g/mol. The third-order valence-corrected chi connectivity index (χ3v) is 2.67. The molecule has 0 aliphatic carbocycles. The number of halogens is 3. The first-order valence-corrected chi connectivity index (χ1v) is 6.70. The summed E-state index contributed by atoms with van der Waals surface area (Å²) < 4.78 is 37.5. The first-order valence-electron chi connectivity index (χ1n) is 6.70. The molecule has 21 heavy (non-hydrogen) atoms. The molecule has 1 amide bonds. The number of carbonyl (C=O) groups excluding carboxylic acids is 1. The fourth-order valence-corrected chi connectivity index (χ4v) is 1.62. The number of alkyl halides is 3. The molecule has 0 radical (unpaired) electrons. The average molecular weight is 304 g/mol. The lowest BCUT2D eigenvalue weighted by Gasteiger charge is -2.27. The molecule has 118 valence electrons. The lowest BCUT2D eigenvalue weighted by Crippen LogP contribution is -2.43. The molecule has 0 aliphatic heterocycles. The summed E-state index contributed by atoms with van der Waals surface area (Å²) in [6, 6.07) is 2.32. The van der Waals surface area contributed by atoms with Gasteiger partial charge in [0.25, 0.3) is 5.91 Å². The van der Waals surface area contributed by atoms with Gasteiger partial charge in [0.05, 0.1) is 0 Å². The largest absolute Gasteiger partial charge is 0.406 e. The molecule has 0 spiro atoms. The molecule has 0 bridgehead atoms. The van der Waals surface area contributed by atoms with Crippen LogP contribution in [0.15, 0.2) is 12.1 Å². The van der Waals surface area contributed by atoms with E-state index < -0.39 is 24.7 Å². The summed E-state index contributed by atoms with van der Waals surface area (Å²) in [4.78, 5) is 12.8. The van der Waals surface area contributed by atoms with Crippen LogP contribution in [0.1, 0.15) is 37.7 Å². The number of amides is 1. The van der Waals surface area contributed by atoms with E-state index in [1.54, 1.807) is 0 Å². The van der Waals surface area contributed by atoms with Crippen LogP contribution in [-0.4, -0.2) is 46.3 Å². The number of carbonyl (C=O) groups is 1. The second-order valence-electron chi connectivity index (χ2n) is 4.87. The van der Waals surface area contributed by atoms with E-state index in [9.17, 15) is 18.0 Å². The van der Waals surface area contributed by atoms with Crippen molar-refractivity contribution < 1.29 is 18.0 Å². The number of aromatic nitrogens is 2. The van der Waals surface area contributed by atoms with Crippen molar-refractivity contribution in [1.82, 2.24) is 15.1 Å². The molecule has 0 unspecified atom stereocenters. The second-order valence-corrected chi connectivity index (χ2v) is 4.87. The maximum absolute atomic E-state index is 12.5. The third-order valence-electron chi connectivity index (χ3n) is 2.67. The van der Waals surface area contributed by atoms with Crippen molar-refractivity contribution in [2.75, 3.05) is 18.4 Å². The Morgan fingerprint density at radius 1 is 1.33 bits per heavy atom. The Morgan fingerprint density at radius 2 is 2.00 bits per heavy atom. The minimum Gasteiger partial charge on any atom is -0.369 e. The van der Waals surface area contributed by atoms with Gasteiger partial charge < -0.3 is 10.2 Å². The smallest absolute Gasteiger partial charge is 0.369 e. The number of anilines is 1. The lowest BCUT2D eigenvalue weighted by atomic mass is 10.2. The van der Waals surface area contributed by atoms with Crippen LogP contribution in [-0.2, 0) is 0 Å². The minimum atomic E-state index is -4.45. The van der Waals surface area contributed by atoms with E-state index in [2.05, 4.69) is 15.5 Å². The van der Waals surface area contributed by atoms with Gasteiger partial charge in [0, 0.05) is 12.6 Å². The van der Waals surface area contributed by atoms with Crippen molar-refractivity contribution in [3.63, 3.8) is 0 Å². The van der Waals surface area contributed by atoms with Crippen molar-refractivity contribution in [3.05, 3.63) is 17.8 Å². The van der Waals surface area contributed by atoms with Gasteiger partial charge in [0.15, 0.2) is 5.69 Å². The van der Waals surface area contributed by atoms with Crippen molar-refractivity contribution >= 4 is 11.7 Å². The molecule has 1 heterocycles. The van der Waals surface area contributed by atoms with Crippen LogP contribution in [0, 0.1) is 0 Å². The summed E-state index contributed by atoms with van der Waals surface area (Å²) in [5.74, 6) is -0.294. The average Bonchev–Trinajstić information content (AvgIpc) is 2.41. The monoisotopic (exact) mass is 304 g/mol. The number of nitrogens with one attached hydrogen (secondary N) is 1. The Balaban J connectivity index is 2.84. The van der Waals surface area contributed by atoms with Gasteiger partial charge in [-0.2, -0.15) is 13.2 Å². The number of nitrogens with zero attached hydrogens (tertiary/aromatic N) is 3. The second kappa shape index (κ2) is 7.24. The predicted octanol–water partition coefficient (Wildman–Crippen LogP) is 2.71. The number of rotatable bonds is 6. The molecule has 0 fully saturated rings. The van der Waals surface area contributed by atoms with Gasteiger partial charge >= 0.3 is 6.18 Å². The Hall–Kier alpha value is -1.86. The van der Waals surface area contributed by atoms with E-state index in [0.717, 1.165) is 11.3 Å². The van der Waals surface area contributed by atoms with Crippen LogP contribution in [0.2, 0.25) is 0 Å². The molecule has 1 rings (SSSR count). The van der Waals surface area contributed by atoms with Gasteiger partial charge in [-0.1, -0.05) is 6.92 Å². The minimum absolute atomic E-state index is 0.102. The van der Waals surface area contributed by atoms with Gasteiger partial charge in [-0.25, -0.2) is 0 Å². The van der Waals surface area contributed by atoms with Crippen LogP contribution in [0.5, 0.6) is 0 Å². The first-order chi connectivity index (χ1) is 9.74. The molecule has 0 saturated heterocycles. The molecule has 0 aliphatic rings. The molecule has 1 N–H and O–H groups in total. The first kappa shape index (κ1) is 17.2. The van der Waals surface area contributed by atoms with Gasteiger partial charge in [0.2, 0.25) is 0 Å². The van der Waals surface area contributed by atoms with Crippen LogP contribution in [0.3, 0.4) is 0 Å². The fourth-order valence-electron chi connectivity index (χ4n) is 1.62. The van der Waals surface area contributed by atoms with Crippen LogP contribution < -0.4 is 5.32 Å². The summed E-state index contributed by atoms with van der Waals surface area (Å²) in [7, 11) is 0. The van der Waals surface area contributed by atoms with Crippen molar-refractivity contribution in [2.45, 2.75) is 39.4 Å². The van der Waals surface area contributed by atoms with E-state index in [-0.39, 0.29) is 5.69 Å². The highest BCUT2D eigenvalue weighted by molar-refractivity contribution is 5.92. The maximum atomic E-state index is 12.5. The zero-order chi connectivity index (χ0) is 16.0. The van der Waals surface area contributed by atoms with Gasteiger partial charge in [-0.3, -0.25) is 4.79 Å². The predicted molar refractivity (Wildman–Crippen MR) is 73.0 cm³/mol. The SMILES string of the molecule is CCCNc1ccc(C(=O)N(CC(F)(F)F)C(C)C)nn1. The molecule has 1 aromatic heterocycles. The highest BCUT2D eigenvalue weighted by atomic mass is 19.4. The highest BCUT2D eigenvalue weighted by Gasteiger charge is 2.35. The van der Waals surface area contributed by atoms with E-state index >= 15 is 0 Å². The summed E-state index contributed by atoms with van der Waals surface area (Å²) in [6.45, 7) is 4.42. The fraction of sp³-hybridized carbons (Fsp3) is 0.615. The standard InChI is InChI=1S/C13H19F3N4O/c1-4-7-17-11-6-5-10(18-19-11)12(21)20(9(2)3)8-13(14,15)16/h5-6,9H,4,7-8H2,1-3H3,(H,17,19). The maximum Gasteiger partial charge on any atom is 0.406 e. The Morgan fingerprint density at radius 3 is 2.43 bits per heavy atom. The summed E-state index contributed by atoms with van der Waals surface area (Å²) in [5, 5.41) is 10.5. The van der Waals surface area contributed by atoms with Gasteiger partial charge in [0.1, 0.15) is 12.4 Å². The van der Waals surface area contributed by atoms with E-state index in [1.807, 2.05) is 6.92 Å². The number of hydrogen-bond acceptors (Lipinski definition) is 4. The van der Waals surface area contributed by atoms with Crippen LogP contribution in [0.4, 0.5) is 19.0 Å². The summed E-state index contributed by atoms with van der Waals surface area (Å²) >= 11 is 0. The normalized spacial score (nSPS) is 11.6. The van der Waals surface area contributed by atoms with E-state index in [1.165, 1.54) is 26.0 Å². The lowest BCUT2D eigenvalue weighted by molar-refractivity contribution is -0.143. The van der Waals surface area contributed by atoms with E-state index in [0.29, 0.717) is 12.4 Å². The van der Waals surface area contributed by atoms with Crippen molar-refractivity contribution in [3.8, 4) is 0 Å². The molecule has 0 saturated carbocycles. The number of hydrogen-bond donors (Lipinski definition) is 1. The topological polar surface area (TPSA) is 58.1 Å². The zero-order valence-corrected chi connectivity index (χ0v) is 12.2. The zero-order valence-electron chi connectivity index (χ0n) is 12.2. The van der Waals surface area contributed by atoms with Gasteiger partial charge in [-0.05, 0) is 32.4 Å². The molecule has 0 aromatic carbocycles. The Bertz CT molecular complexity index is 459. The summed E-state index contributed by atoms with van der Waals surface area (Å²) in [6.07, 6.45) is -3.55. The molecule has 5 nitrogen and oxygen atoms in total. The van der Waals surface area contributed by atoms with Crippen LogP contribution in [0.25, 0.3) is 0 Å². The van der Waals surface area contributed by atoms with Crippen LogP contribution >= 0.6 is 0 Å². The summed E-state index contributed by atoms with van der Waals surface area (Å²) in [5.41, 5.74) is -0.102. The Kier molecular flexibility index (Phi) is 5.92. The quantitative estimate of drug-likeness (QED) is 0.878. The molecule has 1 aromatic rings. The van der Waals surface area contributed by atoms with E-state index in [4.69, 9.17) is 0 Å². The van der Waals surface area contributed by atoms with Gasteiger partial charge in [-0.15, -0.1) is 10.2 Å². The third kappa shape index (κ3) is 5.57. The van der Waals surface area contributed by atoms with Crippen molar-refractivity contribution in [1.29, 1.82) is 0 Å². The molecule has 8 heteroatoms. The molecule has 0 atom stereocenters. The molecular formula is C13H19F3N4O. The van der Waals surface area contributed by atoms with Crippen molar-refractivity contribution in [2.24, 2.45) is 0 Å².